The van der Waals surface area contributed by atoms with Crippen LogP contribution >= 0.6 is 11.6 Å². The number of amides is 1. The van der Waals surface area contributed by atoms with Gasteiger partial charge in [0.25, 0.3) is 5.56 Å². The molecule has 174 valence electrons. The number of nitrogens with one attached hydrogen (secondary N) is 1. The zero-order valence-electron chi connectivity index (χ0n) is 17.5. The van der Waals surface area contributed by atoms with Gasteiger partial charge in [-0.15, -0.1) is 0 Å². The molecule has 0 radical (unpaired) electrons. The summed E-state index contributed by atoms with van der Waals surface area (Å²) in [7, 11) is 1.43. The second-order valence-electron chi connectivity index (χ2n) is 7.38. The van der Waals surface area contributed by atoms with Gasteiger partial charge in [-0.3, -0.25) is 9.36 Å². The van der Waals surface area contributed by atoms with E-state index < -0.39 is 35.5 Å². The van der Waals surface area contributed by atoms with E-state index in [1.54, 1.807) is 13.8 Å². The Bertz CT molecular complexity index is 1090. The van der Waals surface area contributed by atoms with Crippen LogP contribution in [0.3, 0.4) is 0 Å². The molecule has 2 aromatic rings. The predicted octanol–water partition coefficient (Wildman–Crippen LogP) is 3.61. The van der Waals surface area contributed by atoms with Crippen LogP contribution in [0.2, 0.25) is 5.02 Å². The number of aromatic nitrogens is 2. The third kappa shape index (κ3) is 4.68. The van der Waals surface area contributed by atoms with Crippen LogP contribution in [-0.2, 0) is 18.0 Å². The van der Waals surface area contributed by atoms with Crippen molar-refractivity contribution in [2.24, 2.45) is 7.05 Å². The molecule has 0 saturated carbocycles. The van der Waals surface area contributed by atoms with Crippen molar-refractivity contribution in [3.63, 3.8) is 0 Å². The predicted molar refractivity (Wildman–Crippen MR) is 112 cm³/mol. The van der Waals surface area contributed by atoms with Crippen molar-refractivity contribution in [1.29, 1.82) is 0 Å². The van der Waals surface area contributed by atoms with E-state index in [-0.39, 0.29) is 35.2 Å². The van der Waals surface area contributed by atoms with E-state index in [0.717, 1.165) is 12.1 Å². The number of benzene rings is 1. The number of nitrogens with zero attached hydrogens (tertiary/aromatic N) is 3. The van der Waals surface area contributed by atoms with E-state index in [9.17, 15) is 27.9 Å². The van der Waals surface area contributed by atoms with Gasteiger partial charge in [0.05, 0.1) is 35.0 Å². The highest BCUT2D eigenvalue weighted by Crippen LogP contribution is 2.35. The molecule has 1 aliphatic heterocycles. The minimum absolute atomic E-state index is 0.108. The molecule has 1 amide bonds. The summed E-state index contributed by atoms with van der Waals surface area (Å²) in [6.07, 6.45) is -6.09. The van der Waals surface area contributed by atoms with Crippen molar-refractivity contribution in [3.05, 3.63) is 44.8 Å². The lowest BCUT2D eigenvalue weighted by atomic mass is 10.1. The SMILES string of the molecule is CCO[C@H]1CN(C(=O)O)C[C@H]1Nc1c(C)nc(-c2ccc(C(F)(F)F)cc2Cl)n(C)c1=O. The van der Waals surface area contributed by atoms with E-state index in [0.29, 0.717) is 12.3 Å². The molecule has 1 aromatic heterocycles. The Labute approximate surface area is 186 Å². The number of hydrogen-bond acceptors (Lipinski definition) is 5. The number of anilines is 1. The van der Waals surface area contributed by atoms with Crippen LogP contribution in [0.1, 0.15) is 18.2 Å². The summed E-state index contributed by atoms with van der Waals surface area (Å²) in [4.78, 5) is 30.0. The standard InChI is InChI=1S/C20H22ClF3N4O4/c1-4-32-15-9-28(19(30)31)8-14(15)26-16-10(2)25-17(27(3)18(16)29)12-6-5-11(7-13(12)21)20(22,23)24/h5-7,14-15,26H,4,8-9H2,1-3H3,(H,30,31)/t14-,15+/m1/s1. The minimum Gasteiger partial charge on any atom is -0.465 e. The van der Waals surface area contributed by atoms with E-state index in [4.69, 9.17) is 16.3 Å². The lowest BCUT2D eigenvalue weighted by Crippen LogP contribution is -2.38. The van der Waals surface area contributed by atoms with Crippen LogP contribution in [0.4, 0.5) is 23.7 Å². The quantitative estimate of drug-likeness (QED) is 0.687. The zero-order valence-corrected chi connectivity index (χ0v) is 18.3. The van der Waals surface area contributed by atoms with E-state index >= 15 is 0 Å². The maximum atomic E-state index is 13.1. The van der Waals surface area contributed by atoms with Crippen molar-refractivity contribution in [3.8, 4) is 11.4 Å². The Kier molecular flexibility index (Phi) is 6.70. The highest BCUT2D eigenvalue weighted by atomic mass is 35.5. The molecule has 3 rings (SSSR count). The average molecular weight is 475 g/mol. The summed E-state index contributed by atoms with van der Waals surface area (Å²) >= 11 is 6.07. The molecule has 1 saturated heterocycles. The summed E-state index contributed by atoms with van der Waals surface area (Å²) in [6.45, 7) is 4.01. The molecule has 1 fully saturated rings. The number of halogens is 4. The zero-order chi connectivity index (χ0) is 23.8. The van der Waals surface area contributed by atoms with Gasteiger partial charge >= 0.3 is 12.3 Å². The monoisotopic (exact) mass is 474 g/mol. The Balaban J connectivity index is 1.96. The molecule has 0 aliphatic carbocycles. The van der Waals surface area contributed by atoms with Crippen molar-refractivity contribution >= 4 is 23.4 Å². The Hall–Kier alpha value is -2.79. The molecule has 2 N–H and O–H groups in total. The topological polar surface area (TPSA) is 96.7 Å². The molecular weight excluding hydrogens is 453 g/mol. The fourth-order valence-corrected chi connectivity index (χ4v) is 3.89. The number of carboxylic acid groups (broad SMARTS) is 1. The minimum atomic E-state index is -4.55. The van der Waals surface area contributed by atoms with Crippen LogP contribution in [0, 0.1) is 6.92 Å². The van der Waals surface area contributed by atoms with Crippen molar-refractivity contribution in [2.45, 2.75) is 32.2 Å². The molecule has 8 nitrogen and oxygen atoms in total. The van der Waals surface area contributed by atoms with Gasteiger partial charge in [-0.1, -0.05) is 11.6 Å². The number of rotatable bonds is 5. The molecule has 1 aromatic carbocycles. The second kappa shape index (κ2) is 8.99. The maximum absolute atomic E-state index is 13.1. The van der Waals surface area contributed by atoms with Crippen LogP contribution in [0.15, 0.2) is 23.0 Å². The van der Waals surface area contributed by atoms with Crippen LogP contribution < -0.4 is 10.9 Å². The molecule has 32 heavy (non-hydrogen) atoms. The Morgan fingerprint density at radius 1 is 1.38 bits per heavy atom. The summed E-state index contributed by atoms with van der Waals surface area (Å²) in [5.74, 6) is 0.108. The fourth-order valence-electron chi connectivity index (χ4n) is 3.63. The molecule has 0 bridgehead atoms. The first-order chi connectivity index (χ1) is 14.9. The fraction of sp³-hybridized carbons (Fsp3) is 0.450. The summed E-state index contributed by atoms with van der Waals surface area (Å²) in [5, 5.41) is 12.1. The van der Waals surface area contributed by atoms with E-state index in [1.165, 1.54) is 22.6 Å². The summed E-state index contributed by atoms with van der Waals surface area (Å²) in [6, 6.07) is 2.36. The molecule has 0 spiro atoms. The first-order valence-electron chi connectivity index (χ1n) is 9.74. The van der Waals surface area contributed by atoms with Crippen LogP contribution in [0.25, 0.3) is 11.4 Å². The van der Waals surface area contributed by atoms with Crippen molar-refractivity contribution < 1.29 is 27.8 Å². The van der Waals surface area contributed by atoms with Gasteiger partial charge in [0.1, 0.15) is 11.5 Å². The number of hydrogen-bond donors (Lipinski definition) is 2. The summed E-state index contributed by atoms with van der Waals surface area (Å²) in [5.41, 5.74) is -0.756. The molecule has 2 heterocycles. The highest BCUT2D eigenvalue weighted by molar-refractivity contribution is 6.33. The van der Waals surface area contributed by atoms with Gasteiger partial charge in [-0.2, -0.15) is 13.2 Å². The number of ether oxygens (including phenoxy) is 1. The lowest BCUT2D eigenvalue weighted by Gasteiger charge is -2.22. The number of alkyl halides is 3. The molecular formula is C20H22ClF3N4O4. The van der Waals surface area contributed by atoms with Gasteiger partial charge in [-0.05, 0) is 32.0 Å². The van der Waals surface area contributed by atoms with E-state index in [2.05, 4.69) is 10.3 Å². The Morgan fingerprint density at radius 3 is 2.62 bits per heavy atom. The largest absolute Gasteiger partial charge is 0.465 e. The summed E-state index contributed by atoms with van der Waals surface area (Å²) < 4.78 is 45.6. The number of aryl methyl sites for hydroxylation is 1. The molecule has 1 aliphatic rings. The normalized spacial score (nSPS) is 18.8. The average Bonchev–Trinajstić information content (AvgIpc) is 3.11. The first-order valence-corrected chi connectivity index (χ1v) is 10.1. The molecule has 0 unspecified atom stereocenters. The molecule has 12 heteroatoms. The van der Waals surface area contributed by atoms with Crippen LogP contribution in [0.5, 0.6) is 0 Å². The second-order valence-corrected chi connectivity index (χ2v) is 7.79. The third-order valence-electron chi connectivity index (χ3n) is 5.26. The van der Waals surface area contributed by atoms with Gasteiger partial charge in [0, 0.05) is 25.8 Å². The van der Waals surface area contributed by atoms with Crippen molar-refractivity contribution in [2.75, 3.05) is 25.0 Å². The molecule has 2 atom stereocenters. The smallest absolute Gasteiger partial charge is 0.416 e. The van der Waals surface area contributed by atoms with Gasteiger partial charge in [0.2, 0.25) is 0 Å². The Morgan fingerprint density at radius 2 is 2.06 bits per heavy atom. The maximum Gasteiger partial charge on any atom is 0.416 e. The van der Waals surface area contributed by atoms with Gasteiger partial charge in [0.15, 0.2) is 0 Å². The number of likely N-dealkylation sites (tertiary alicyclic amines) is 1. The highest BCUT2D eigenvalue weighted by Gasteiger charge is 2.37. The van der Waals surface area contributed by atoms with Crippen molar-refractivity contribution in [1.82, 2.24) is 14.5 Å². The van der Waals surface area contributed by atoms with E-state index in [1.807, 2.05) is 0 Å². The third-order valence-corrected chi connectivity index (χ3v) is 5.57. The van der Waals surface area contributed by atoms with Gasteiger partial charge < -0.3 is 20.1 Å². The lowest BCUT2D eigenvalue weighted by molar-refractivity contribution is -0.137. The first kappa shape index (κ1) is 23.9. The van der Waals surface area contributed by atoms with Gasteiger partial charge in [-0.25, -0.2) is 9.78 Å². The number of carbonyl (C=O) groups is 1. The van der Waals surface area contributed by atoms with Crippen LogP contribution in [-0.4, -0.2) is 57.5 Å².